The van der Waals surface area contributed by atoms with Gasteiger partial charge in [-0.05, 0) is 55.7 Å². The van der Waals surface area contributed by atoms with E-state index in [9.17, 15) is 19.2 Å². The first kappa shape index (κ1) is 37.8. The van der Waals surface area contributed by atoms with Crippen molar-refractivity contribution in [2.24, 2.45) is 11.8 Å². The molecule has 15 heteroatoms. The van der Waals surface area contributed by atoms with E-state index in [-0.39, 0.29) is 35.7 Å². The van der Waals surface area contributed by atoms with E-state index in [1.807, 2.05) is 62.9 Å². The Balaban J connectivity index is 1.06. The molecule has 4 atom stereocenters. The summed E-state index contributed by atoms with van der Waals surface area (Å²) in [4.78, 5) is 71.8. The number of benzene rings is 2. The Morgan fingerprint density at radius 2 is 1.40 bits per heavy atom. The second-order valence-corrected chi connectivity index (χ2v) is 15.8. The number of fused-ring (bicyclic) bond motifs is 6. The highest BCUT2D eigenvalue weighted by molar-refractivity contribution is 6.06. The number of H-pyrrole nitrogens is 2. The van der Waals surface area contributed by atoms with Gasteiger partial charge in [0.1, 0.15) is 23.7 Å². The Hall–Kier alpha value is -6.12. The predicted molar refractivity (Wildman–Crippen MR) is 214 cm³/mol. The third-order valence-electron chi connectivity index (χ3n) is 11.5. The van der Waals surface area contributed by atoms with Crippen molar-refractivity contribution >= 4 is 67.8 Å². The molecule has 4 aromatic heterocycles. The highest BCUT2D eigenvalue weighted by Crippen LogP contribution is 2.39. The Bertz CT molecular complexity index is 2520. The van der Waals surface area contributed by atoms with Crippen LogP contribution in [0, 0.1) is 11.8 Å². The number of imidazole rings is 1. The van der Waals surface area contributed by atoms with Crippen LogP contribution in [0.1, 0.15) is 77.0 Å². The average molecular weight is 777 g/mol. The number of amides is 4. The van der Waals surface area contributed by atoms with E-state index in [1.54, 1.807) is 11.1 Å². The number of furan rings is 1. The lowest BCUT2D eigenvalue weighted by molar-refractivity contribution is -0.136. The first-order valence-electron chi connectivity index (χ1n) is 19.6. The normalized spacial score (nSPS) is 18.3. The van der Waals surface area contributed by atoms with Crippen molar-refractivity contribution in [3.05, 3.63) is 60.2 Å². The Morgan fingerprint density at radius 1 is 0.772 bits per heavy atom. The zero-order valence-electron chi connectivity index (χ0n) is 33.0. The van der Waals surface area contributed by atoms with Crippen LogP contribution in [0.5, 0.6) is 0 Å². The van der Waals surface area contributed by atoms with Crippen LogP contribution in [0.25, 0.3) is 55.1 Å². The molecule has 6 aromatic rings. The summed E-state index contributed by atoms with van der Waals surface area (Å²) >= 11 is 0. The smallest absolute Gasteiger partial charge is 0.407 e. The van der Waals surface area contributed by atoms with E-state index in [0.29, 0.717) is 30.3 Å². The van der Waals surface area contributed by atoms with E-state index < -0.39 is 24.3 Å². The van der Waals surface area contributed by atoms with Gasteiger partial charge in [0.15, 0.2) is 11.2 Å². The molecule has 0 spiro atoms. The lowest BCUT2D eigenvalue weighted by Crippen LogP contribution is -2.51. The molecule has 298 valence electrons. The summed E-state index contributed by atoms with van der Waals surface area (Å²) in [6.07, 6.45) is 3.74. The molecule has 2 aliphatic rings. The molecule has 8 rings (SSSR count). The van der Waals surface area contributed by atoms with Gasteiger partial charge in [-0.1, -0.05) is 52.0 Å². The Labute approximate surface area is 328 Å². The van der Waals surface area contributed by atoms with Crippen LogP contribution in [0.15, 0.2) is 53.1 Å². The number of alkyl carbamates (subject to hydrolysis) is 2. The van der Waals surface area contributed by atoms with Crippen LogP contribution in [0.4, 0.5) is 9.59 Å². The van der Waals surface area contributed by atoms with Crippen LogP contribution < -0.4 is 10.6 Å². The average Bonchev–Trinajstić information content (AvgIpc) is 4.05. The number of nitrogens with one attached hydrogen (secondary N) is 4. The minimum atomic E-state index is -0.720. The quantitative estimate of drug-likeness (QED) is 0.119. The minimum absolute atomic E-state index is 0.113. The fraction of sp³-hybridized carbons (Fsp3) is 0.429. The van der Waals surface area contributed by atoms with Gasteiger partial charge in [0.05, 0.1) is 37.3 Å². The van der Waals surface area contributed by atoms with Crippen LogP contribution in [0.3, 0.4) is 0 Å². The van der Waals surface area contributed by atoms with Crippen molar-refractivity contribution in [3.63, 3.8) is 0 Å². The maximum atomic E-state index is 13.7. The molecule has 2 saturated heterocycles. The zero-order valence-corrected chi connectivity index (χ0v) is 33.0. The molecule has 57 heavy (non-hydrogen) atoms. The number of aromatic amines is 2. The molecule has 0 bridgehead atoms. The van der Waals surface area contributed by atoms with Gasteiger partial charge in [0.25, 0.3) is 0 Å². The van der Waals surface area contributed by atoms with Crippen molar-refractivity contribution in [2.75, 3.05) is 27.3 Å². The summed E-state index contributed by atoms with van der Waals surface area (Å²) in [5.41, 5.74) is 4.73. The van der Waals surface area contributed by atoms with Gasteiger partial charge in [-0.3, -0.25) is 9.59 Å². The third-order valence-corrected chi connectivity index (χ3v) is 11.5. The molecule has 0 unspecified atom stereocenters. The van der Waals surface area contributed by atoms with Crippen LogP contribution in [-0.2, 0) is 19.1 Å². The number of rotatable bonds is 9. The SMILES string of the molecule is COC(=O)N[C@H](C(=O)N1CCC[C@H]1c1cc2ccc3cc(-c4ccc5c(cnc6nc([C@@H]7CCCN7C(=O)[C@@H](NC(=O)OC)C(C)C)[nH]c65)c4)oc3c2[nH]1)C(C)C. The van der Waals surface area contributed by atoms with Crippen LogP contribution in [0.2, 0.25) is 0 Å². The zero-order chi connectivity index (χ0) is 40.1. The maximum absolute atomic E-state index is 13.7. The maximum Gasteiger partial charge on any atom is 0.407 e. The first-order chi connectivity index (χ1) is 27.4. The topological polar surface area (TPSA) is 188 Å². The van der Waals surface area contributed by atoms with Crippen molar-refractivity contribution in [2.45, 2.75) is 77.5 Å². The number of carbonyl (C=O) groups excluding carboxylic acids is 4. The summed E-state index contributed by atoms with van der Waals surface area (Å²) < 4.78 is 16.1. The van der Waals surface area contributed by atoms with Crippen molar-refractivity contribution in [3.8, 4) is 11.3 Å². The number of nitrogens with zero attached hydrogens (tertiary/aromatic N) is 4. The fourth-order valence-corrected chi connectivity index (χ4v) is 8.46. The van der Waals surface area contributed by atoms with Gasteiger partial charge in [0, 0.05) is 52.1 Å². The van der Waals surface area contributed by atoms with Gasteiger partial charge in [-0.25, -0.2) is 19.6 Å². The highest BCUT2D eigenvalue weighted by atomic mass is 16.5. The van der Waals surface area contributed by atoms with Crippen molar-refractivity contribution in [1.82, 2.24) is 40.4 Å². The summed E-state index contributed by atoms with van der Waals surface area (Å²) in [6.45, 7) is 8.76. The van der Waals surface area contributed by atoms with Gasteiger partial charge in [-0.15, -0.1) is 0 Å². The number of ether oxygens (including phenoxy) is 2. The van der Waals surface area contributed by atoms with Crippen molar-refractivity contribution < 1.29 is 33.1 Å². The van der Waals surface area contributed by atoms with Crippen LogP contribution >= 0.6 is 0 Å². The third kappa shape index (κ3) is 6.88. The first-order valence-corrected chi connectivity index (χ1v) is 19.6. The molecule has 6 heterocycles. The molecule has 0 saturated carbocycles. The van der Waals surface area contributed by atoms with Gasteiger partial charge in [0.2, 0.25) is 11.8 Å². The monoisotopic (exact) mass is 776 g/mol. The molecule has 4 amide bonds. The van der Waals surface area contributed by atoms with E-state index in [0.717, 1.165) is 75.1 Å². The molecule has 4 N–H and O–H groups in total. The van der Waals surface area contributed by atoms with E-state index in [4.69, 9.17) is 23.9 Å². The largest absolute Gasteiger partial charge is 0.454 e. The lowest BCUT2D eigenvalue weighted by atomic mass is 10.0. The summed E-state index contributed by atoms with van der Waals surface area (Å²) in [5, 5.41) is 9.18. The second kappa shape index (κ2) is 15.1. The lowest BCUT2D eigenvalue weighted by Gasteiger charge is -2.30. The second-order valence-electron chi connectivity index (χ2n) is 15.8. The molecule has 2 fully saturated rings. The molecule has 2 aromatic carbocycles. The summed E-state index contributed by atoms with van der Waals surface area (Å²) in [5.74, 6) is 0.824. The molecule has 2 aliphatic heterocycles. The molecule has 15 nitrogen and oxygen atoms in total. The number of pyridine rings is 1. The standard InChI is InChI=1S/C42H48N8O7/c1-21(2)32(46-41(53)55-5)39(51)49-15-7-9-29(49)28-18-24-11-12-25-19-31(57-36(25)34(24)44-28)23-13-14-27-26(17-23)20-43-38-35(27)45-37(48-38)30-10-8-16-50(30)40(52)33(22(3)4)47-42(54)56-6/h11-14,17-22,29-30,32-33,44H,7-10,15-16H2,1-6H3,(H,46,53)(H,47,54)(H,43,45,48)/t29-,30-,32-,33-/m0/s1. The van der Waals surface area contributed by atoms with Gasteiger partial charge < -0.3 is 44.3 Å². The number of hydrogen-bond acceptors (Lipinski definition) is 9. The molecular weight excluding hydrogens is 729 g/mol. The summed E-state index contributed by atoms with van der Waals surface area (Å²) in [6, 6.07) is 12.4. The van der Waals surface area contributed by atoms with Crippen molar-refractivity contribution in [1.29, 1.82) is 0 Å². The van der Waals surface area contributed by atoms with Gasteiger partial charge >= 0.3 is 12.2 Å². The molecule has 0 radical (unpaired) electrons. The Kier molecular flexibility index (Phi) is 10.0. The molecule has 0 aliphatic carbocycles. The molecular formula is C42H48N8O7. The number of carbonyl (C=O) groups is 4. The minimum Gasteiger partial charge on any atom is -0.454 e. The Morgan fingerprint density at radius 3 is 2.05 bits per heavy atom. The van der Waals surface area contributed by atoms with E-state index in [2.05, 4.69) is 32.7 Å². The number of hydrogen-bond donors (Lipinski definition) is 4. The van der Waals surface area contributed by atoms with E-state index in [1.165, 1.54) is 14.2 Å². The number of likely N-dealkylation sites (tertiary alicyclic amines) is 2. The fourth-order valence-electron chi connectivity index (χ4n) is 8.46. The van der Waals surface area contributed by atoms with Crippen LogP contribution in [-0.4, -0.2) is 93.1 Å². The summed E-state index contributed by atoms with van der Waals surface area (Å²) in [7, 11) is 2.58. The number of methoxy groups -OCH3 is 2. The highest BCUT2D eigenvalue weighted by Gasteiger charge is 2.39. The van der Waals surface area contributed by atoms with E-state index >= 15 is 0 Å². The van der Waals surface area contributed by atoms with Gasteiger partial charge in [-0.2, -0.15) is 0 Å². The number of aromatic nitrogens is 4. The predicted octanol–water partition coefficient (Wildman–Crippen LogP) is 7.09.